The molecule has 0 bridgehead atoms. The highest BCUT2D eigenvalue weighted by atomic mass is 79.9. The van der Waals surface area contributed by atoms with Crippen molar-refractivity contribution in [3.63, 3.8) is 0 Å². The van der Waals surface area contributed by atoms with Crippen LogP contribution in [0.15, 0.2) is 22.7 Å². The van der Waals surface area contributed by atoms with Crippen molar-refractivity contribution in [3.05, 3.63) is 28.2 Å². The van der Waals surface area contributed by atoms with Crippen LogP contribution < -0.4 is 15.0 Å². The lowest BCUT2D eigenvalue weighted by atomic mass is 10.2. The maximum atomic E-state index is 11.6. The maximum Gasteiger partial charge on any atom is 0.257 e. The fourth-order valence-corrected chi connectivity index (χ4v) is 2.19. The van der Waals surface area contributed by atoms with Crippen molar-refractivity contribution in [2.75, 3.05) is 33.8 Å². The van der Waals surface area contributed by atoms with Gasteiger partial charge >= 0.3 is 0 Å². The van der Waals surface area contributed by atoms with Crippen molar-refractivity contribution >= 4 is 21.8 Å². The van der Waals surface area contributed by atoms with Gasteiger partial charge in [0.25, 0.3) is 5.91 Å². The van der Waals surface area contributed by atoms with E-state index in [4.69, 9.17) is 4.74 Å². The van der Waals surface area contributed by atoms with Crippen molar-refractivity contribution in [2.24, 2.45) is 0 Å². The minimum Gasteiger partial charge on any atom is -0.483 e. The third kappa shape index (κ3) is 6.59. The van der Waals surface area contributed by atoms with Gasteiger partial charge in [-0.1, -0.05) is 6.07 Å². The minimum absolute atomic E-state index is 0.0521. The van der Waals surface area contributed by atoms with Crippen molar-refractivity contribution in [3.8, 4) is 5.75 Å². The van der Waals surface area contributed by atoms with E-state index in [1.165, 1.54) is 4.90 Å². The first-order valence-corrected chi connectivity index (χ1v) is 7.23. The van der Waals surface area contributed by atoms with Crippen LogP contribution in [0.5, 0.6) is 5.75 Å². The first kappa shape index (κ1) is 16.0. The summed E-state index contributed by atoms with van der Waals surface area (Å²) < 4.78 is 6.34. The molecule has 0 atom stereocenters. The van der Waals surface area contributed by atoms with E-state index in [0.29, 0.717) is 12.3 Å². The van der Waals surface area contributed by atoms with E-state index in [9.17, 15) is 4.79 Å². The molecule has 0 aliphatic heterocycles. The van der Waals surface area contributed by atoms with Crippen molar-refractivity contribution in [2.45, 2.75) is 13.3 Å². The molecule has 0 spiro atoms. The van der Waals surface area contributed by atoms with Gasteiger partial charge in [0.2, 0.25) is 0 Å². The second kappa shape index (κ2) is 8.17. The number of halogens is 1. The molecular weight excluding hydrogens is 308 g/mol. The Morgan fingerprint density at radius 2 is 2.16 bits per heavy atom. The number of hydrogen-bond donors (Lipinski definition) is 2. The SMILES string of the molecule is Cc1ccc(OCC(=O)NCCC[NH+](C)C)c(Br)c1. The number of aryl methyl sites for hydroxylation is 1. The summed E-state index contributed by atoms with van der Waals surface area (Å²) in [6.07, 6.45) is 0.975. The predicted molar refractivity (Wildman–Crippen MR) is 79.7 cm³/mol. The molecule has 0 saturated carbocycles. The molecule has 19 heavy (non-hydrogen) atoms. The van der Waals surface area contributed by atoms with Crippen LogP contribution in [0.3, 0.4) is 0 Å². The van der Waals surface area contributed by atoms with Gasteiger partial charge < -0.3 is 15.0 Å². The molecule has 4 nitrogen and oxygen atoms in total. The number of benzene rings is 1. The zero-order chi connectivity index (χ0) is 14.3. The van der Waals surface area contributed by atoms with Gasteiger partial charge in [0.1, 0.15) is 5.75 Å². The van der Waals surface area contributed by atoms with Crippen molar-refractivity contribution in [1.82, 2.24) is 5.32 Å². The number of carbonyl (C=O) groups is 1. The fraction of sp³-hybridized carbons (Fsp3) is 0.500. The third-order valence-electron chi connectivity index (χ3n) is 2.62. The molecule has 0 unspecified atom stereocenters. The van der Waals surface area contributed by atoms with Crippen molar-refractivity contribution in [1.29, 1.82) is 0 Å². The molecule has 106 valence electrons. The summed E-state index contributed by atoms with van der Waals surface area (Å²) in [5, 5.41) is 2.85. The molecule has 1 aromatic rings. The van der Waals surface area contributed by atoms with E-state index in [2.05, 4.69) is 35.3 Å². The first-order chi connectivity index (χ1) is 8.99. The number of amides is 1. The Kier molecular flexibility index (Phi) is 6.87. The highest BCUT2D eigenvalue weighted by molar-refractivity contribution is 9.10. The summed E-state index contributed by atoms with van der Waals surface area (Å²) in [4.78, 5) is 13.0. The van der Waals surface area contributed by atoms with Gasteiger partial charge in [-0.05, 0) is 40.5 Å². The number of rotatable bonds is 7. The topological polar surface area (TPSA) is 42.8 Å². The van der Waals surface area contributed by atoms with E-state index < -0.39 is 0 Å². The molecule has 1 aromatic carbocycles. The molecule has 0 saturated heterocycles. The molecule has 2 N–H and O–H groups in total. The average molecular weight is 330 g/mol. The third-order valence-corrected chi connectivity index (χ3v) is 3.24. The normalized spacial score (nSPS) is 10.6. The summed E-state index contributed by atoms with van der Waals surface area (Å²) in [5.41, 5.74) is 1.15. The standard InChI is InChI=1S/C14H21BrN2O2/c1-11-5-6-13(12(15)9-11)19-10-14(18)16-7-4-8-17(2)3/h5-6,9H,4,7-8,10H2,1-3H3,(H,16,18)/p+1. The maximum absolute atomic E-state index is 11.6. The minimum atomic E-state index is -0.0822. The Bertz CT molecular complexity index is 422. The van der Waals surface area contributed by atoms with Crippen LogP contribution in [0.1, 0.15) is 12.0 Å². The van der Waals surface area contributed by atoms with E-state index in [0.717, 1.165) is 23.0 Å². The zero-order valence-corrected chi connectivity index (χ0v) is 13.3. The Morgan fingerprint density at radius 1 is 1.42 bits per heavy atom. The van der Waals surface area contributed by atoms with Crippen LogP contribution >= 0.6 is 15.9 Å². The second-order valence-corrected chi connectivity index (χ2v) is 5.74. The van der Waals surface area contributed by atoms with Gasteiger partial charge in [-0.3, -0.25) is 4.79 Å². The number of carbonyl (C=O) groups excluding carboxylic acids is 1. The van der Waals surface area contributed by atoms with Gasteiger partial charge in [-0.25, -0.2) is 0 Å². The number of quaternary nitrogens is 1. The molecule has 0 aliphatic rings. The summed E-state index contributed by atoms with van der Waals surface area (Å²) in [7, 11) is 4.19. The highest BCUT2D eigenvalue weighted by Crippen LogP contribution is 2.25. The summed E-state index contributed by atoms with van der Waals surface area (Å²) in [6, 6.07) is 5.78. The largest absolute Gasteiger partial charge is 0.483 e. The lowest BCUT2D eigenvalue weighted by molar-refractivity contribution is -0.858. The summed E-state index contributed by atoms with van der Waals surface area (Å²) in [6.45, 7) is 3.80. The van der Waals surface area contributed by atoms with Gasteiger partial charge in [-0.15, -0.1) is 0 Å². The van der Waals surface area contributed by atoms with Gasteiger partial charge in [0.05, 0.1) is 25.1 Å². The molecule has 0 radical (unpaired) electrons. The molecular formula is C14H22BrN2O2+. The fourth-order valence-electron chi connectivity index (χ4n) is 1.59. The van der Waals surface area contributed by atoms with Crippen molar-refractivity contribution < 1.29 is 14.4 Å². The van der Waals surface area contributed by atoms with Crippen LogP contribution in [0, 0.1) is 6.92 Å². The van der Waals surface area contributed by atoms with Crippen LogP contribution in [-0.2, 0) is 4.79 Å². The predicted octanol–water partition coefficient (Wildman–Crippen LogP) is 0.787. The van der Waals surface area contributed by atoms with Crippen LogP contribution in [0.25, 0.3) is 0 Å². The quantitative estimate of drug-likeness (QED) is 0.726. The zero-order valence-electron chi connectivity index (χ0n) is 11.8. The molecule has 1 amide bonds. The smallest absolute Gasteiger partial charge is 0.257 e. The summed E-state index contributed by atoms with van der Waals surface area (Å²) >= 11 is 3.42. The lowest BCUT2D eigenvalue weighted by Crippen LogP contribution is -3.05. The Labute approximate surface area is 123 Å². The van der Waals surface area contributed by atoms with E-state index in [-0.39, 0.29) is 12.5 Å². The number of ether oxygens (including phenoxy) is 1. The van der Waals surface area contributed by atoms with Gasteiger partial charge in [0.15, 0.2) is 6.61 Å². The van der Waals surface area contributed by atoms with Crippen LogP contribution in [0.2, 0.25) is 0 Å². The van der Waals surface area contributed by atoms with Crippen LogP contribution in [-0.4, -0.2) is 39.7 Å². The molecule has 0 aliphatic carbocycles. The number of nitrogens with one attached hydrogen (secondary N) is 2. The molecule has 1 rings (SSSR count). The number of hydrogen-bond acceptors (Lipinski definition) is 2. The average Bonchev–Trinajstić information content (AvgIpc) is 2.33. The molecule has 0 heterocycles. The summed E-state index contributed by atoms with van der Waals surface area (Å²) in [5.74, 6) is 0.611. The van der Waals surface area contributed by atoms with E-state index in [1.807, 2.05) is 25.1 Å². The van der Waals surface area contributed by atoms with E-state index in [1.54, 1.807) is 0 Å². The van der Waals surface area contributed by atoms with E-state index >= 15 is 0 Å². The lowest BCUT2D eigenvalue weighted by Gasteiger charge is -2.10. The molecule has 0 aromatic heterocycles. The Hall–Kier alpha value is -1.07. The first-order valence-electron chi connectivity index (χ1n) is 6.43. The monoisotopic (exact) mass is 329 g/mol. The van der Waals surface area contributed by atoms with Crippen LogP contribution in [0.4, 0.5) is 0 Å². The Morgan fingerprint density at radius 3 is 2.79 bits per heavy atom. The van der Waals surface area contributed by atoms with Gasteiger partial charge in [-0.2, -0.15) is 0 Å². The molecule has 5 heteroatoms. The highest BCUT2D eigenvalue weighted by Gasteiger charge is 2.05. The second-order valence-electron chi connectivity index (χ2n) is 4.88. The molecule has 0 fully saturated rings. The Balaban J connectivity index is 2.26. The van der Waals surface area contributed by atoms with Gasteiger partial charge in [0, 0.05) is 13.0 Å².